The van der Waals surface area contributed by atoms with Gasteiger partial charge in [-0.25, -0.2) is 0 Å². The fourth-order valence-electron chi connectivity index (χ4n) is 2.70. The maximum absolute atomic E-state index is 11.6. The van der Waals surface area contributed by atoms with Crippen molar-refractivity contribution in [3.05, 3.63) is 65.2 Å². The molecule has 3 rings (SSSR count). The molecule has 0 saturated carbocycles. The summed E-state index contributed by atoms with van der Waals surface area (Å²) in [6, 6.07) is 12.7. The average molecular weight is 294 g/mol. The molecule has 1 aliphatic heterocycles. The molecule has 0 aromatic heterocycles. The number of hydrogen-bond acceptors (Lipinski definition) is 3. The molecule has 1 heterocycles. The smallest absolute Gasteiger partial charge is 0.159 e. The van der Waals surface area contributed by atoms with Gasteiger partial charge in [-0.2, -0.15) is 0 Å². The minimum absolute atomic E-state index is 0.0414. The maximum Gasteiger partial charge on any atom is 0.159 e. The lowest BCUT2D eigenvalue weighted by Gasteiger charge is -2.31. The molecule has 0 saturated heterocycles. The van der Waals surface area contributed by atoms with Gasteiger partial charge in [-0.1, -0.05) is 18.2 Å². The van der Waals surface area contributed by atoms with Crippen molar-refractivity contribution in [1.82, 2.24) is 0 Å². The Morgan fingerprint density at radius 2 is 1.91 bits per heavy atom. The van der Waals surface area contributed by atoms with Crippen LogP contribution in [0.1, 0.15) is 42.3 Å². The molecule has 22 heavy (non-hydrogen) atoms. The number of phenolic OH excluding ortho intramolecular Hbond substituents is 1. The fraction of sp³-hybridized carbons (Fsp3) is 0.211. The summed E-state index contributed by atoms with van der Waals surface area (Å²) in [6.07, 6.45) is 2.05. The highest BCUT2D eigenvalue weighted by Gasteiger charge is 2.27. The molecule has 0 spiro atoms. The third kappa shape index (κ3) is 2.62. The van der Waals surface area contributed by atoms with Gasteiger partial charge < -0.3 is 9.84 Å². The van der Waals surface area contributed by atoms with Crippen molar-refractivity contribution in [3.63, 3.8) is 0 Å². The second-order valence-corrected chi connectivity index (χ2v) is 6.08. The number of phenols is 1. The monoisotopic (exact) mass is 294 g/mol. The number of aromatic hydroxyl groups is 1. The van der Waals surface area contributed by atoms with Crippen molar-refractivity contribution < 1.29 is 14.6 Å². The van der Waals surface area contributed by atoms with E-state index in [2.05, 4.69) is 0 Å². The quantitative estimate of drug-likeness (QED) is 0.844. The SMILES string of the molecule is CC(=O)c1cccc(C2=CC(C)(C)Oc3cc(O)ccc32)c1. The summed E-state index contributed by atoms with van der Waals surface area (Å²) in [5.74, 6) is 0.865. The van der Waals surface area contributed by atoms with Crippen LogP contribution in [-0.2, 0) is 0 Å². The van der Waals surface area contributed by atoms with E-state index in [0.29, 0.717) is 11.3 Å². The summed E-state index contributed by atoms with van der Waals surface area (Å²) in [5, 5.41) is 9.69. The topological polar surface area (TPSA) is 46.5 Å². The van der Waals surface area contributed by atoms with E-state index in [1.54, 1.807) is 19.1 Å². The van der Waals surface area contributed by atoms with Crippen molar-refractivity contribution in [2.75, 3.05) is 0 Å². The van der Waals surface area contributed by atoms with Crippen LogP contribution in [0.3, 0.4) is 0 Å². The first-order valence-electron chi connectivity index (χ1n) is 7.22. The summed E-state index contributed by atoms with van der Waals surface area (Å²) >= 11 is 0. The molecule has 3 heteroatoms. The molecule has 0 unspecified atom stereocenters. The standard InChI is InChI=1S/C19H18O3/c1-12(20)13-5-4-6-14(9-13)17-11-19(2,3)22-18-10-15(21)7-8-16(17)18/h4-11,21H,1-3H3. The predicted molar refractivity (Wildman–Crippen MR) is 86.3 cm³/mol. The van der Waals surface area contributed by atoms with Crippen LogP contribution in [0.15, 0.2) is 48.5 Å². The lowest BCUT2D eigenvalue weighted by atomic mass is 9.89. The lowest BCUT2D eigenvalue weighted by molar-refractivity contribution is 0.101. The van der Waals surface area contributed by atoms with Gasteiger partial charge in [0.25, 0.3) is 0 Å². The van der Waals surface area contributed by atoms with Crippen LogP contribution in [0.4, 0.5) is 0 Å². The largest absolute Gasteiger partial charge is 0.508 e. The first kappa shape index (κ1) is 14.4. The van der Waals surface area contributed by atoms with Crippen molar-refractivity contribution >= 4 is 11.4 Å². The van der Waals surface area contributed by atoms with Crippen molar-refractivity contribution in [1.29, 1.82) is 0 Å². The van der Waals surface area contributed by atoms with Gasteiger partial charge in [0, 0.05) is 17.2 Å². The molecular formula is C19H18O3. The minimum atomic E-state index is -0.484. The van der Waals surface area contributed by atoms with E-state index in [0.717, 1.165) is 16.7 Å². The molecule has 2 aromatic rings. The highest BCUT2D eigenvalue weighted by atomic mass is 16.5. The molecule has 0 fully saturated rings. The third-order valence-corrected chi connectivity index (χ3v) is 3.70. The highest BCUT2D eigenvalue weighted by molar-refractivity contribution is 5.96. The summed E-state index contributed by atoms with van der Waals surface area (Å²) in [5.41, 5.74) is 3.09. The van der Waals surface area contributed by atoms with Crippen LogP contribution in [0.2, 0.25) is 0 Å². The average Bonchev–Trinajstić information content (AvgIpc) is 2.45. The number of fused-ring (bicyclic) bond motifs is 1. The lowest BCUT2D eigenvalue weighted by Crippen LogP contribution is -2.29. The van der Waals surface area contributed by atoms with Gasteiger partial charge in [0.2, 0.25) is 0 Å². The van der Waals surface area contributed by atoms with Crippen molar-refractivity contribution in [2.45, 2.75) is 26.4 Å². The Balaban J connectivity index is 2.18. The molecule has 1 N–H and O–H groups in total. The van der Waals surface area contributed by atoms with Crippen LogP contribution in [0.5, 0.6) is 11.5 Å². The van der Waals surface area contributed by atoms with E-state index in [1.165, 1.54) is 0 Å². The fourth-order valence-corrected chi connectivity index (χ4v) is 2.70. The molecule has 0 amide bonds. The van der Waals surface area contributed by atoms with Crippen LogP contribution >= 0.6 is 0 Å². The van der Waals surface area contributed by atoms with Gasteiger partial charge in [0.1, 0.15) is 17.1 Å². The van der Waals surface area contributed by atoms with E-state index in [9.17, 15) is 9.90 Å². The van der Waals surface area contributed by atoms with Crippen molar-refractivity contribution in [3.8, 4) is 11.5 Å². The van der Waals surface area contributed by atoms with Crippen LogP contribution < -0.4 is 4.74 Å². The third-order valence-electron chi connectivity index (χ3n) is 3.70. The Kier molecular flexibility index (Phi) is 3.28. The number of ether oxygens (including phenoxy) is 1. The van der Waals surface area contributed by atoms with Gasteiger partial charge in [-0.05, 0) is 56.2 Å². The Bertz CT molecular complexity index is 785. The second-order valence-electron chi connectivity index (χ2n) is 6.08. The van der Waals surface area contributed by atoms with Gasteiger partial charge in [0.05, 0.1) is 0 Å². The Labute approximate surface area is 129 Å². The Hall–Kier alpha value is -2.55. The zero-order valence-electron chi connectivity index (χ0n) is 12.9. The number of benzene rings is 2. The van der Waals surface area contributed by atoms with E-state index in [1.807, 2.05) is 50.3 Å². The molecular weight excluding hydrogens is 276 g/mol. The first-order chi connectivity index (χ1) is 10.4. The summed E-state index contributed by atoms with van der Waals surface area (Å²) in [6.45, 7) is 5.50. The van der Waals surface area contributed by atoms with Gasteiger partial charge in [0.15, 0.2) is 5.78 Å². The first-order valence-corrected chi connectivity index (χ1v) is 7.22. The predicted octanol–water partition coefficient (Wildman–Crippen LogP) is 4.20. The molecule has 0 radical (unpaired) electrons. The van der Waals surface area contributed by atoms with Gasteiger partial charge in [-0.15, -0.1) is 0 Å². The van der Waals surface area contributed by atoms with E-state index >= 15 is 0 Å². The molecule has 0 aliphatic carbocycles. The number of ketones is 1. The Morgan fingerprint density at radius 1 is 1.14 bits per heavy atom. The number of Topliss-reactive ketones (excluding diaryl/α,β-unsaturated/α-hetero) is 1. The van der Waals surface area contributed by atoms with Crippen LogP contribution in [-0.4, -0.2) is 16.5 Å². The molecule has 0 bridgehead atoms. The maximum atomic E-state index is 11.6. The van der Waals surface area contributed by atoms with Crippen LogP contribution in [0.25, 0.3) is 5.57 Å². The van der Waals surface area contributed by atoms with Gasteiger partial charge >= 0.3 is 0 Å². The number of carbonyl (C=O) groups is 1. The van der Waals surface area contributed by atoms with E-state index < -0.39 is 5.60 Å². The Morgan fingerprint density at radius 3 is 2.64 bits per heavy atom. The summed E-state index contributed by atoms with van der Waals surface area (Å²) in [7, 11) is 0. The number of hydrogen-bond donors (Lipinski definition) is 1. The number of rotatable bonds is 2. The van der Waals surface area contributed by atoms with Crippen LogP contribution in [0, 0.1) is 0 Å². The zero-order valence-corrected chi connectivity index (χ0v) is 12.9. The van der Waals surface area contributed by atoms with Gasteiger partial charge in [-0.3, -0.25) is 4.79 Å². The highest BCUT2D eigenvalue weighted by Crippen LogP contribution is 2.41. The normalized spacial score (nSPS) is 15.5. The molecule has 3 nitrogen and oxygen atoms in total. The zero-order chi connectivity index (χ0) is 15.9. The van der Waals surface area contributed by atoms with E-state index in [4.69, 9.17) is 4.74 Å². The summed E-state index contributed by atoms with van der Waals surface area (Å²) in [4.78, 5) is 11.6. The molecule has 2 aromatic carbocycles. The molecule has 112 valence electrons. The number of carbonyl (C=O) groups excluding carboxylic acids is 1. The molecule has 1 aliphatic rings. The van der Waals surface area contributed by atoms with E-state index in [-0.39, 0.29) is 11.5 Å². The summed E-state index contributed by atoms with van der Waals surface area (Å²) < 4.78 is 5.93. The molecule has 0 atom stereocenters. The minimum Gasteiger partial charge on any atom is -0.508 e. The second kappa shape index (κ2) is 5.02. The van der Waals surface area contributed by atoms with Crippen molar-refractivity contribution in [2.24, 2.45) is 0 Å².